The Bertz CT molecular complexity index is 295. The number of aliphatic hydroxyl groups is 1. The fourth-order valence-electron chi connectivity index (χ4n) is 4.23. The Balaban J connectivity index is 2.21. The molecule has 3 N–H and O–H groups in total. The average molecular weight is 269 g/mol. The molecular weight excluding hydrogens is 238 g/mol. The van der Waals surface area contributed by atoms with Crippen LogP contribution in [0.4, 0.5) is 0 Å². The molecule has 1 aliphatic heterocycles. The van der Waals surface area contributed by atoms with Crippen LogP contribution in [0.5, 0.6) is 0 Å². The van der Waals surface area contributed by atoms with Crippen molar-refractivity contribution in [3.05, 3.63) is 0 Å². The van der Waals surface area contributed by atoms with Gasteiger partial charge in [0.15, 0.2) is 0 Å². The van der Waals surface area contributed by atoms with Gasteiger partial charge in [0.1, 0.15) is 0 Å². The second-order valence-corrected chi connectivity index (χ2v) is 7.32. The molecule has 112 valence electrons. The van der Waals surface area contributed by atoms with E-state index in [4.69, 9.17) is 10.5 Å². The Labute approximate surface area is 117 Å². The summed E-state index contributed by atoms with van der Waals surface area (Å²) in [7, 11) is 0. The molecule has 1 saturated carbocycles. The first-order valence-corrected chi connectivity index (χ1v) is 8.00. The summed E-state index contributed by atoms with van der Waals surface area (Å²) in [5.41, 5.74) is 5.21. The summed E-state index contributed by atoms with van der Waals surface area (Å²) in [6, 6.07) is 0. The molecule has 3 heteroatoms. The van der Waals surface area contributed by atoms with Crippen molar-refractivity contribution in [2.45, 2.75) is 82.8 Å². The molecule has 2 rings (SSSR count). The summed E-state index contributed by atoms with van der Waals surface area (Å²) < 4.78 is 5.80. The molecule has 1 aliphatic carbocycles. The van der Waals surface area contributed by atoms with Crippen LogP contribution in [0.3, 0.4) is 0 Å². The van der Waals surface area contributed by atoms with Gasteiger partial charge in [-0.15, -0.1) is 0 Å². The quantitative estimate of drug-likeness (QED) is 0.810. The SMILES string of the molecule is CC1(C)CC(O)(C2(CN)CCCCCCC2)CCO1. The van der Waals surface area contributed by atoms with Crippen LogP contribution in [-0.2, 0) is 4.74 Å². The molecule has 1 unspecified atom stereocenters. The van der Waals surface area contributed by atoms with E-state index in [0.29, 0.717) is 13.2 Å². The predicted molar refractivity (Wildman–Crippen MR) is 78.0 cm³/mol. The monoisotopic (exact) mass is 269 g/mol. The highest BCUT2D eigenvalue weighted by atomic mass is 16.5. The second-order valence-electron chi connectivity index (χ2n) is 7.32. The van der Waals surface area contributed by atoms with Crippen LogP contribution in [0.1, 0.15) is 71.6 Å². The van der Waals surface area contributed by atoms with Crippen LogP contribution in [0.2, 0.25) is 0 Å². The first kappa shape index (κ1) is 15.3. The van der Waals surface area contributed by atoms with Gasteiger partial charge in [-0.3, -0.25) is 0 Å². The molecule has 19 heavy (non-hydrogen) atoms. The molecule has 1 heterocycles. The summed E-state index contributed by atoms with van der Waals surface area (Å²) in [4.78, 5) is 0. The minimum atomic E-state index is -0.638. The van der Waals surface area contributed by atoms with Gasteiger partial charge in [-0.2, -0.15) is 0 Å². The Morgan fingerprint density at radius 3 is 2.11 bits per heavy atom. The Morgan fingerprint density at radius 2 is 1.58 bits per heavy atom. The molecule has 0 aromatic carbocycles. The summed E-state index contributed by atoms with van der Waals surface area (Å²) in [6.45, 7) is 5.44. The van der Waals surface area contributed by atoms with Gasteiger partial charge >= 0.3 is 0 Å². The third-order valence-corrected chi connectivity index (χ3v) is 5.42. The molecule has 2 aliphatic rings. The standard InChI is InChI=1S/C16H31NO2/c1-14(2)12-16(18,10-11-19-14)15(13-17)8-6-4-3-5-7-9-15/h18H,3-13,17H2,1-2H3. The topological polar surface area (TPSA) is 55.5 Å². The lowest BCUT2D eigenvalue weighted by atomic mass is 9.60. The van der Waals surface area contributed by atoms with Gasteiger partial charge in [-0.1, -0.05) is 32.1 Å². The Hall–Kier alpha value is -0.120. The summed E-state index contributed by atoms with van der Waals surface area (Å²) in [5, 5.41) is 11.3. The van der Waals surface area contributed by atoms with Crippen LogP contribution < -0.4 is 5.73 Å². The minimum absolute atomic E-state index is 0.0888. The van der Waals surface area contributed by atoms with Crippen LogP contribution in [0, 0.1) is 5.41 Å². The van der Waals surface area contributed by atoms with Gasteiger partial charge in [0.05, 0.1) is 17.8 Å². The maximum absolute atomic E-state index is 11.3. The van der Waals surface area contributed by atoms with Crippen LogP contribution in [0.25, 0.3) is 0 Å². The zero-order valence-electron chi connectivity index (χ0n) is 12.7. The highest BCUT2D eigenvalue weighted by Gasteiger charge is 2.52. The average Bonchev–Trinajstić information content (AvgIpc) is 2.27. The van der Waals surface area contributed by atoms with E-state index in [0.717, 1.165) is 25.7 Å². The molecule has 1 saturated heterocycles. The van der Waals surface area contributed by atoms with Crippen molar-refractivity contribution in [1.82, 2.24) is 0 Å². The maximum Gasteiger partial charge on any atom is 0.0764 e. The van der Waals surface area contributed by atoms with Crippen molar-refractivity contribution >= 4 is 0 Å². The van der Waals surface area contributed by atoms with Crippen molar-refractivity contribution in [1.29, 1.82) is 0 Å². The fourth-order valence-corrected chi connectivity index (χ4v) is 4.23. The Morgan fingerprint density at radius 1 is 1.00 bits per heavy atom. The maximum atomic E-state index is 11.3. The molecule has 0 aromatic heterocycles. The molecule has 0 radical (unpaired) electrons. The highest BCUT2D eigenvalue weighted by molar-refractivity contribution is 5.04. The summed E-state index contributed by atoms with van der Waals surface area (Å²) in [5.74, 6) is 0. The van der Waals surface area contributed by atoms with E-state index in [1.807, 2.05) is 0 Å². The number of hydrogen-bond acceptors (Lipinski definition) is 3. The fraction of sp³-hybridized carbons (Fsp3) is 1.00. The number of hydrogen-bond donors (Lipinski definition) is 2. The summed E-state index contributed by atoms with van der Waals surface area (Å²) in [6.07, 6.45) is 9.96. The second kappa shape index (κ2) is 5.71. The van der Waals surface area contributed by atoms with E-state index in [2.05, 4.69) is 13.8 Å². The smallest absolute Gasteiger partial charge is 0.0764 e. The third kappa shape index (κ3) is 3.14. The Kier molecular flexibility index (Phi) is 4.59. The van der Waals surface area contributed by atoms with Gasteiger partial charge in [0.2, 0.25) is 0 Å². The van der Waals surface area contributed by atoms with Gasteiger partial charge in [-0.25, -0.2) is 0 Å². The van der Waals surface area contributed by atoms with Crippen molar-refractivity contribution in [3.63, 3.8) is 0 Å². The molecule has 1 atom stereocenters. The number of nitrogens with two attached hydrogens (primary N) is 1. The van der Waals surface area contributed by atoms with E-state index >= 15 is 0 Å². The molecule has 0 aromatic rings. The number of ether oxygens (including phenoxy) is 1. The molecule has 0 spiro atoms. The minimum Gasteiger partial charge on any atom is -0.389 e. The highest BCUT2D eigenvalue weighted by Crippen LogP contribution is 2.50. The van der Waals surface area contributed by atoms with Gasteiger partial charge in [-0.05, 0) is 26.7 Å². The van der Waals surface area contributed by atoms with Crippen molar-refractivity contribution in [2.75, 3.05) is 13.2 Å². The van der Waals surface area contributed by atoms with Crippen molar-refractivity contribution in [2.24, 2.45) is 11.1 Å². The van der Waals surface area contributed by atoms with Crippen molar-refractivity contribution in [3.8, 4) is 0 Å². The van der Waals surface area contributed by atoms with Crippen LogP contribution in [0.15, 0.2) is 0 Å². The lowest BCUT2D eigenvalue weighted by Gasteiger charge is -2.53. The zero-order valence-corrected chi connectivity index (χ0v) is 12.7. The van der Waals surface area contributed by atoms with Gasteiger partial charge < -0.3 is 15.6 Å². The van der Waals surface area contributed by atoms with Gasteiger partial charge in [0.25, 0.3) is 0 Å². The lowest BCUT2D eigenvalue weighted by Crippen LogP contribution is -2.59. The lowest BCUT2D eigenvalue weighted by molar-refractivity contribution is -0.198. The first-order chi connectivity index (χ1) is 8.93. The zero-order chi connectivity index (χ0) is 14.0. The van der Waals surface area contributed by atoms with Crippen LogP contribution in [-0.4, -0.2) is 29.5 Å². The van der Waals surface area contributed by atoms with E-state index < -0.39 is 5.60 Å². The molecule has 3 nitrogen and oxygen atoms in total. The number of rotatable bonds is 2. The van der Waals surface area contributed by atoms with E-state index in [-0.39, 0.29) is 11.0 Å². The summed E-state index contributed by atoms with van der Waals surface area (Å²) >= 11 is 0. The molecule has 0 bridgehead atoms. The third-order valence-electron chi connectivity index (χ3n) is 5.42. The normalized spacial score (nSPS) is 35.4. The van der Waals surface area contributed by atoms with E-state index in [9.17, 15) is 5.11 Å². The predicted octanol–water partition coefficient (Wildman–Crippen LogP) is 3.00. The molecular formula is C16H31NO2. The van der Waals surface area contributed by atoms with Crippen LogP contribution >= 0.6 is 0 Å². The molecule has 0 amide bonds. The van der Waals surface area contributed by atoms with E-state index in [1.54, 1.807) is 0 Å². The van der Waals surface area contributed by atoms with Gasteiger partial charge in [0, 0.05) is 24.8 Å². The van der Waals surface area contributed by atoms with E-state index in [1.165, 1.54) is 32.1 Å². The first-order valence-electron chi connectivity index (χ1n) is 8.00. The van der Waals surface area contributed by atoms with Crippen molar-refractivity contribution < 1.29 is 9.84 Å². The molecule has 2 fully saturated rings. The largest absolute Gasteiger partial charge is 0.389 e.